The van der Waals surface area contributed by atoms with E-state index in [0.717, 1.165) is 0 Å². The van der Waals surface area contributed by atoms with Crippen molar-refractivity contribution in [1.29, 1.82) is 0 Å². The molecule has 6 nitrogen and oxygen atoms in total. The van der Waals surface area contributed by atoms with Crippen LogP contribution in [0.3, 0.4) is 0 Å². The van der Waals surface area contributed by atoms with Crippen molar-refractivity contribution in [2.75, 3.05) is 0 Å². The fourth-order valence-electron chi connectivity index (χ4n) is 2.78. The van der Waals surface area contributed by atoms with Crippen LogP contribution >= 0.6 is 11.6 Å². The number of halogens is 2. The van der Waals surface area contributed by atoms with Gasteiger partial charge >= 0.3 is 12.0 Å². The topological polar surface area (TPSA) is 85.5 Å². The van der Waals surface area contributed by atoms with E-state index in [1.165, 1.54) is 12.3 Å². The average molecular weight is 361 g/mol. The molecule has 0 spiro atoms. The number of aromatic nitrogens is 2. The fourth-order valence-corrected chi connectivity index (χ4v) is 2.97. The van der Waals surface area contributed by atoms with Gasteiger partial charge in [0, 0.05) is 6.42 Å². The third-order valence-corrected chi connectivity index (χ3v) is 4.17. The van der Waals surface area contributed by atoms with E-state index in [1.807, 2.05) is 0 Å². The number of rotatable bonds is 3. The van der Waals surface area contributed by atoms with Crippen molar-refractivity contribution in [3.8, 4) is 17.5 Å². The number of esters is 1. The summed E-state index contributed by atoms with van der Waals surface area (Å²) in [5.74, 6) is -0.951. The van der Waals surface area contributed by atoms with E-state index in [4.69, 9.17) is 20.8 Å². The molecule has 1 aliphatic heterocycles. The first-order chi connectivity index (χ1) is 12.0. The van der Waals surface area contributed by atoms with Crippen LogP contribution < -0.4 is 0 Å². The second-order valence-electron chi connectivity index (χ2n) is 5.42. The van der Waals surface area contributed by atoms with Crippen LogP contribution in [0.15, 0.2) is 41.0 Å². The molecule has 1 aliphatic rings. The molecule has 0 saturated carbocycles. The van der Waals surface area contributed by atoms with E-state index in [2.05, 4.69) is 9.97 Å². The summed E-state index contributed by atoms with van der Waals surface area (Å²) in [5.41, 5.74) is 0.686. The van der Waals surface area contributed by atoms with Gasteiger partial charge in [0.05, 0.1) is 11.3 Å². The Balaban J connectivity index is 1.79. The molecule has 1 aromatic carbocycles. The molecule has 4 rings (SSSR count). The van der Waals surface area contributed by atoms with Crippen LogP contribution in [0.1, 0.15) is 27.7 Å². The lowest BCUT2D eigenvalue weighted by molar-refractivity contribution is 0.0380. The molecule has 25 heavy (non-hydrogen) atoms. The second kappa shape index (κ2) is 5.86. The second-order valence-corrected chi connectivity index (χ2v) is 5.83. The monoisotopic (exact) mass is 360 g/mol. The van der Waals surface area contributed by atoms with Gasteiger partial charge in [-0.15, -0.1) is 0 Å². The van der Waals surface area contributed by atoms with Crippen LogP contribution in [0.25, 0.3) is 11.5 Å². The largest absolute Gasteiger partial charge is 0.479 e. The molecule has 1 unspecified atom stereocenters. The summed E-state index contributed by atoms with van der Waals surface area (Å²) in [6, 6.07) is 7.27. The Morgan fingerprint density at radius 3 is 2.84 bits per heavy atom. The van der Waals surface area contributed by atoms with Gasteiger partial charge in [0.2, 0.25) is 0 Å². The SMILES string of the molecule is O=C1OC(Cc2cccc(Cl)c2F)c2nc(O)nc(-c3ccco3)c21. The number of benzene rings is 1. The third-order valence-electron chi connectivity index (χ3n) is 3.88. The molecule has 1 N–H and O–H groups in total. The summed E-state index contributed by atoms with van der Waals surface area (Å²) in [6.45, 7) is 0. The zero-order valence-corrected chi connectivity index (χ0v) is 13.3. The third kappa shape index (κ3) is 2.62. The highest BCUT2D eigenvalue weighted by Gasteiger charge is 2.38. The molecule has 0 bridgehead atoms. The van der Waals surface area contributed by atoms with Gasteiger partial charge in [0.15, 0.2) is 5.76 Å². The van der Waals surface area contributed by atoms with Crippen LogP contribution in [0, 0.1) is 5.82 Å². The van der Waals surface area contributed by atoms with Crippen molar-refractivity contribution < 1.29 is 23.4 Å². The number of aromatic hydroxyl groups is 1. The Labute approximate surface area is 145 Å². The van der Waals surface area contributed by atoms with Crippen LogP contribution in [0.4, 0.5) is 4.39 Å². The quantitative estimate of drug-likeness (QED) is 0.717. The number of ether oxygens (including phenoxy) is 1. The number of carbonyl (C=O) groups is 1. The smallest absolute Gasteiger partial charge is 0.343 e. The number of hydrogen-bond acceptors (Lipinski definition) is 6. The van der Waals surface area contributed by atoms with Crippen molar-refractivity contribution >= 4 is 17.6 Å². The van der Waals surface area contributed by atoms with Crippen molar-refractivity contribution in [1.82, 2.24) is 9.97 Å². The van der Waals surface area contributed by atoms with Crippen LogP contribution in [-0.2, 0) is 11.2 Å². The van der Waals surface area contributed by atoms with Gasteiger partial charge in [-0.1, -0.05) is 23.7 Å². The van der Waals surface area contributed by atoms with E-state index in [1.54, 1.807) is 24.3 Å². The van der Waals surface area contributed by atoms with Gasteiger partial charge in [-0.05, 0) is 23.8 Å². The molecule has 1 atom stereocenters. The molecule has 3 aromatic rings. The first-order valence-corrected chi connectivity index (χ1v) is 7.71. The number of hydrogen-bond donors (Lipinski definition) is 1. The molecule has 0 radical (unpaired) electrons. The minimum Gasteiger partial charge on any atom is -0.479 e. The van der Waals surface area contributed by atoms with Crippen LogP contribution in [-0.4, -0.2) is 21.0 Å². The summed E-state index contributed by atoms with van der Waals surface area (Å²) in [7, 11) is 0. The maximum absolute atomic E-state index is 14.1. The predicted molar refractivity (Wildman–Crippen MR) is 84.7 cm³/mol. The Morgan fingerprint density at radius 1 is 1.24 bits per heavy atom. The van der Waals surface area contributed by atoms with Crippen molar-refractivity contribution in [2.45, 2.75) is 12.5 Å². The molecule has 126 valence electrons. The van der Waals surface area contributed by atoms with Crippen molar-refractivity contribution in [3.05, 3.63) is 64.3 Å². The van der Waals surface area contributed by atoms with E-state index < -0.39 is 23.9 Å². The van der Waals surface area contributed by atoms with Gasteiger partial charge in [-0.3, -0.25) is 0 Å². The van der Waals surface area contributed by atoms with E-state index >= 15 is 0 Å². The van der Waals surface area contributed by atoms with Crippen LogP contribution in [0.2, 0.25) is 5.02 Å². The summed E-state index contributed by atoms with van der Waals surface area (Å²) in [6.07, 6.45) is 0.581. The highest BCUT2D eigenvalue weighted by Crippen LogP contribution is 2.38. The Bertz CT molecular complexity index is 975. The number of carbonyl (C=O) groups excluding carboxylic acids is 1. The predicted octanol–water partition coefficient (Wildman–Crippen LogP) is 3.69. The van der Waals surface area contributed by atoms with Gasteiger partial charge < -0.3 is 14.3 Å². The van der Waals surface area contributed by atoms with E-state index in [0.29, 0.717) is 5.76 Å². The highest BCUT2D eigenvalue weighted by atomic mass is 35.5. The van der Waals surface area contributed by atoms with Gasteiger partial charge in [0.1, 0.15) is 28.9 Å². The fraction of sp³-hybridized carbons (Fsp3) is 0.118. The lowest BCUT2D eigenvalue weighted by atomic mass is 10.0. The molecule has 0 saturated heterocycles. The first kappa shape index (κ1) is 15.6. The molecular formula is C17H10ClFN2O4. The maximum atomic E-state index is 14.1. The van der Waals surface area contributed by atoms with Gasteiger partial charge in [0.25, 0.3) is 0 Å². The number of cyclic esters (lactones) is 1. The van der Waals surface area contributed by atoms with Crippen molar-refractivity contribution in [2.24, 2.45) is 0 Å². The Hall–Kier alpha value is -2.93. The minimum absolute atomic E-state index is 0.0242. The summed E-state index contributed by atoms with van der Waals surface area (Å²) in [5, 5.41) is 9.79. The molecule has 3 heterocycles. The summed E-state index contributed by atoms with van der Waals surface area (Å²) in [4.78, 5) is 20.1. The minimum atomic E-state index is -0.863. The highest BCUT2D eigenvalue weighted by molar-refractivity contribution is 6.30. The standard InChI is InChI=1S/C17H10ClFN2O4/c18-9-4-1-3-8(13(9)19)7-11-15-12(16(22)25-11)14(20-17(23)21-15)10-5-2-6-24-10/h1-6,11H,7H2,(H,20,21,23). The van der Waals surface area contributed by atoms with Crippen molar-refractivity contribution in [3.63, 3.8) is 0 Å². The molecule has 0 fully saturated rings. The van der Waals surface area contributed by atoms with Crippen LogP contribution in [0.5, 0.6) is 6.01 Å². The molecule has 8 heteroatoms. The van der Waals surface area contributed by atoms with E-state index in [9.17, 15) is 14.3 Å². The number of fused-ring (bicyclic) bond motifs is 1. The zero-order chi connectivity index (χ0) is 17.6. The zero-order valence-electron chi connectivity index (χ0n) is 12.6. The molecular weight excluding hydrogens is 351 g/mol. The summed E-state index contributed by atoms with van der Waals surface area (Å²) < 4.78 is 24.7. The molecule has 0 amide bonds. The number of furan rings is 1. The van der Waals surface area contributed by atoms with Gasteiger partial charge in [-0.2, -0.15) is 9.97 Å². The first-order valence-electron chi connectivity index (χ1n) is 7.33. The molecule has 0 aliphatic carbocycles. The van der Waals surface area contributed by atoms with E-state index in [-0.39, 0.29) is 34.0 Å². The Kier molecular flexibility index (Phi) is 3.65. The Morgan fingerprint density at radius 2 is 2.08 bits per heavy atom. The molecule has 2 aromatic heterocycles. The maximum Gasteiger partial charge on any atom is 0.343 e. The number of nitrogens with zero attached hydrogens (tertiary/aromatic N) is 2. The lowest BCUT2D eigenvalue weighted by Gasteiger charge is -2.11. The van der Waals surface area contributed by atoms with Gasteiger partial charge in [-0.25, -0.2) is 9.18 Å². The average Bonchev–Trinajstić information content (AvgIpc) is 3.20. The summed E-state index contributed by atoms with van der Waals surface area (Å²) >= 11 is 5.79. The normalized spacial score (nSPS) is 15.9. The lowest BCUT2D eigenvalue weighted by Crippen LogP contribution is -2.06.